The summed E-state index contributed by atoms with van der Waals surface area (Å²) in [4.78, 5) is 16.0. The third kappa shape index (κ3) is 13.9. The number of hydrogen-bond acceptors (Lipinski definition) is 6. The lowest BCUT2D eigenvalue weighted by Crippen LogP contribution is -1.94. The van der Waals surface area contributed by atoms with Crippen LogP contribution in [0.3, 0.4) is 0 Å². The first-order valence-corrected chi connectivity index (χ1v) is 42.3. The van der Waals surface area contributed by atoms with E-state index in [0.29, 0.717) is 16.7 Å². The molecule has 0 aliphatic heterocycles. The highest BCUT2D eigenvalue weighted by atomic mass is 14.7. The van der Waals surface area contributed by atoms with Crippen LogP contribution in [0.1, 0.15) is 16.7 Å². The Hall–Kier alpha value is -17.3. The first-order valence-electron chi connectivity index (χ1n) is 42.3. The Labute approximate surface area is 727 Å². The smallest absolute Gasteiger partial charge is 0.0998 e. The highest BCUT2D eigenvalue weighted by Gasteiger charge is 2.23. The number of nitriles is 3. The molecule has 0 N–H and O–H groups in total. The van der Waals surface area contributed by atoms with Gasteiger partial charge in [-0.3, -0.25) is 0 Å². The zero-order valence-corrected chi connectivity index (χ0v) is 68.3. The second kappa shape index (κ2) is 32.0. The van der Waals surface area contributed by atoms with Gasteiger partial charge >= 0.3 is 0 Å². The Bertz CT molecular complexity index is 8720. The van der Waals surface area contributed by atoms with E-state index in [4.69, 9.17) is 15.0 Å². The highest BCUT2D eigenvalue weighted by molar-refractivity contribution is 6.20. The van der Waals surface area contributed by atoms with E-state index in [1.807, 2.05) is 66.7 Å². The maximum absolute atomic E-state index is 10.1. The minimum Gasteiger partial charge on any atom is -0.247 e. The molecule has 0 aliphatic rings. The average Bonchev–Trinajstić information content (AvgIpc) is 0.741. The van der Waals surface area contributed by atoms with E-state index in [1.54, 1.807) is 0 Å². The number of fused-ring (bicyclic) bond motifs is 15. The summed E-state index contributed by atoms with van der Waals surface area (Å²) in [5, 5.41) is 53.7. The number of nitrogens with zero attached hydrogens (tertiary/aromatic N) is 6. The normalized spacial score (nSPS) is 11.3. The van der Waals surface area contributed by atoms with Gasteiger partial charge in [0.25, 0.3) is 0 Å². The summed E-state index contributed by atoms with van der Waals surface area (Å²) in [6.45, 7) is 0. The Kier molecular flexibility index (Phi) is 19.0. The molecule has 582 valence electrons. The van der Waals surface area contributed by atoms with Crippen LogP contribution in [0.25, 0.3) is 230 Å². The van der Waals surface area contributed by atoms with Gasteiger partial charge in [-0.1, -0.05) is 334 Å². The van der Waals surface area contributed by atoms with Crippen molar-refractivity contribution in [2.45, 2.75) is 0 Å². The summed E-state index contributed by atoms with van der Waals surface area (Å²) in [6, 6.07) is 160. The molecule has 3 aromatic heterocycles. The fraction of sp³-hybridized carbons (Fsp3) is 0. The molecule has 0 bridgehead atoms. The van der Waals surface area contributed by atoms with Gasteiger partial charge in [0.05, 0.1) is 68.5 Å². The summed E-state index contributed by atoms with van der Waals surface area (Å²) in [5.41, 5.74) is 23.9. The zero-order chi connectivity index (χ0) is 84.1. The van der Waals surface area contributed by atoms with E-state index in [-0.39, 0.29) is 0 Å². The van der Waals surface area contributed by atoms with Crippen LogP contribution in [-0.4, -0.2) is 15.0 Å². The maximum Gasteiger partial charge on any atom is 0.0998 e. The number of hydrogen-bond donors (Lipinski definition) is 0. The van der Waals surface area contributed by atoms with Gasteiger partial charge in [-0.15, -0.1) is 0 Å². The predicted molar refractivity (Wildman–Crippen MR) is 526 cm³/mol. The van der Waals surface area contributed by atoms with Crippen LogP contribution in [0.2, 0.25) is 0 Å². The van der Waals surface area contributed by atoms with Gasteiger partial charge in [-0.25, -0.2) is 15.0 Å². The number of rotatable bonds is 9. The Morgan fingerprint density at radius 1 is 0.151 bits per heavy atom. The molecule has 0 unspecified atom stereocenters. The molecule has 0 fully saturated rings. The minimum absolute atomic E-state index is 0.639. The average molecular weight is 1600 g/mol. The molecule has 24 rings (SSSR count). The molecule has 0 radical (unpaired) electrons. The molecule has 126 heavy (non-hydrogen) atoms. The van der Waals surface area contributed by atoms with Crippen molar-refractivity contribution in [1.82, 2.24) is 15.0 Å². The molecule has 0 spiro atoms. The van der Waals surface area contributed by atoms with Gasteiger partial charge in [-0.05, 0) is 245 Å². The van der Waals surface area contributed by atoms with Gasteiger partial charge < -0.3 is 0 Å². The lowest BCUT2D eigenvalue weighted by molar-refractivity contribution is 1.41. The quantitative estimate of drug-likeness (QED) is 0.133. The first kappa shape index (κ1) is 74.9. The van der Waals surface area contributed by atoms with Crippen LogP contribution in [0.5, 0.6) is 0 Å². The minimum atomic E-state index is 0.639. The summed E-state index contributed by atoms with van der Waals surface area (Å²) in [6.07, 6.45) is 0. The topological polar surface area (TPSA) is 110 Å². The van der Waals surface area contributed by atoms with Gasteiger partial charge in [0.15, 0.2) is 0 Å². The van der Waals surface area contributed by atoms with Crippen molar-refractivity contribution < 1.29 is 0 Å². The molecule has 3 heterocycles. The fourth-order valence-corrected chi connectivity index (χ4v) is 18.4. The summed E-state index contributed by atoms with van der Waals surface area (Å²) >= 11 is 0. The van der Waals surface area contributed by atoms with E-state index < -0.39 is 0 Å². The molecule has 0 saturated heterocycles. The van der Waals surface area contributed by atoms with Crippen LogP contribution >= 0.6 is 0 Å². The Morgan fingerprint density at radius 3 is 0.778 bits per heavy atom. The van der Waals surface area contributed by atoms with Gasteiger partial charge in [0.2, 0.25) is 0 Å². The number of aromatic nitrogens is 3. The fourth-order valence-electron chi connectivity index (χ4n) is 18.4. The SMILES string of the molecule is N#Cc1ccc(-c2cc(-c3ccc4ccccc4c3)nc3c2cc(-c2ccc4ccccc4c2)c2ccccc23)cc1.N#Cc1cccc(-c2cc(-c3ccc4ccccc4c3)nc3c2cc(-c2ccc4ccccc4c2)c2ccccc23)c1.N#Cc1ccccc1-c1cc(-c2ccc3ccccc3c2)nc2c1cc(-c1ccc3ccccc3c1)c1ccccc12. The molecule has 6 nitrogen and oxygen atoms in total. The number of pyridine rings is 3. The first-order chi connectivity index (χ1) is 62.3. The van der Waals surface area contributed by atoms with Gasteiger partial charge in [0, 0.05) is 54.6 Å². The third-order valence-electron chi connectivity index (χ3n) is 24.7. The standard InChI is InChI=1S/3C40H24N2/c41-25-26-8-7-13-31(20-26)37-24-39(33-19-17-28-10-2-4-12-30(28)22-33)42-40-35-15-6-5-14-34(35)36(23-38(37)40)32-18-16-27-9-1-3-11-29(27)21-32;41-25-32-13-5-6-14-33(32)37-24-39(31-20-18-27-10-2-4-12-29(27)22-31)42-40-35-16-8-7-15-34(35)36(23-38(37)40)30-19-17-26-9-1-3-11-28(26)21-30;41-25-26-13-15-29(16-14-26)37-24-39(33-20-18-28-8-2-4-10-31(28)22-33)42-40-35-12-6-5-11-34(35)36(23-38(37)40)32-19-17-27-7-1-3-9-30(27)21-32/h3*1-24H. The van der Waals surface area contributed by atoms with Gasteiger partial charge in [-0.2, -0.15) is 15.8 Å². The molecule has 24 aromatic rings. The van der Waals surface area contributed by atoms with Crippen molar-refractivity contribution in [2.75, 3.05) is 0 Å². The van der Waals surface area contributed by atoms with Crippen molar-refractivity contribution in [3.05, 3.63) is 453 Å². The maximum atomic E-state index is 10.1. The van der Waals surface area contributed by atoms with Crippen LogP contribution < -0.4 is 0 Å². The van der Waals surface area contributed by atoms with Gasteiger partial charge in [0.1, 0.15) is 0 Å². The van der Waals surface area contributed by atoms with Crippen molar-refractivity contribution in [3.63, 3.8) is 0 Å². The lowest BCUT2D eigenvalue weighted by atomic mass is 9.89. The van der Waals surface area contributed by atoms with E-state index in [0.717, 1.165) is 133 Å². The molecule has 0 atom stereocenters. The molecule has 0 amide bonds. The van der Waals surface area contributed by atoms with Crippen molar-refractivity contribution >= 4 is 130 Å². The third-order valence-corrected chi connectivity index (χ3v) is 24.7. The van der Waals surface area contributed by atoms with E-state index in [9.17, 15) is 15.8 Å². The van der Waals surface area contributed by atoms with Crippen LogP contribution in [-0.2, 0) is 0 Å². The van der Waals surface area contributed by atoms with E-state index in [1.165, 1.54) is 97.7 Å². The molecule has 6 heteroatoms. The highest BCUT2D eigenvalue weighted by Crippen LogP contribution is 2.47. The largest absolute Gasteiger partial charge is 0.247 e. The predicted octanol–water partition coefficient (Wildman–Crippen LogP) is 31.7. The summed E-state index contributed by atoms with van der Waals surface area (Å²) in [7, 11) is 0. The van der Waals surface area contributed by atoms with Crippen molar-refractivity contribution in [1.29, 1.82) is 15.8 Å². The molecule has 21 aromatic carbocycles. The van der Waals surface area contributed by atoms with Crippen LogP contribution in [0, 0.1) is 34.0 Å². The van der Waals surface area contributed by atoms with E-state index in [2.05, 4.69) is 388 Å². The monoisotopic (exact) mass is 1600 g/mol. The lowest BCUT2D eigenvalue weighted by Gasteiger charge is -2.16. The Balaban J connectivity index is 0.000000112. The molecule has 0 saturated carbocycles. The number of benzene rings is 21. The summed E-state index contributed by atoms with van der Waals surface area (Å²) < 4.78 is 0. The Morgan fingerprint density at radius 2 is 0.421 bits per heavy atom. The molecular formula is C120H72N6. The second-order valence-corrected chi connectivity index (χ2v) is 32.2. The van der Waals surface area contributed by atoms with Crippen LogP contribution in [0.4, 0.5) is 0 Å². The van der Waals surface area contributed by atoms with Crippen molar-refractivity contribution in [3.8, 4) is 119 Å². The zero-order valence-electron chi connectivity index (χ0n) is 68.3. The van der Waals surface area contributed by atoms with Crippen molar-refractivity contribution in [2.24, 2.45) is 0 Å². The summed E-state index contributed by atoms with van der Waals surface area (Å²) in [5.74, 6) is 0. The molecular weight excluding hydrogens is 1530 g/mol. The van der Waals surface area contributed by atoms with E-state index >= 15 is 0 Å². The second-order valence-electron chi connectivity index (χ2n) is 32.2. The molecule has 0 aliphatic carbocycles. The van der Waals surface area contributed by atoms with Crippen LogP contribution in [0.15, 0.2) is 437 Å².